The third-order valence-corrected chi connectivity index (χ3v) is 5.40. The summed E-state index contributed by atoms with van der Waals surface area (Å²) in [7, 11) is 0. The Balaban J connectivity index is 1.58. The number of rotatable bonds is 2. The molecule has 5 atom stereocenters. The Bertz CT molecular complexity index is 299. The molecule has 0 spiro atoms. The van der Waals surface area contributed by atoms with Crippen LogP contribution in [0, 0.1) is 23.7 Å². The van der Waals surface area contributed by atoms with Gasteiger partial charge in [0, 0.05) is 6.92 Å². The lowest BCUT2D eigenvalue weighted by atomic mass is 9.72. The van der Waals surface area contributed by atoms with E-state index in [2.05, 4.69) is 0 Å². The Morgan fingerprint density at radius 2 is 1.82 bits per heavy atom. The van der Waals surface area contributed by atoms with Crippen LogP contribution in [0.4, 0.5) is 0 Å². The summed E-state index contributed by atoms with van der Waals surface area (Å²) in [6, 6.07) is 0. The fourth-order valence-corrected chi connectivity index (χ4v) is 4.78. The van der Waals surface area contributed by atoms with Gasteiger partial charge in [0.15, 0.2) is 0 Å². The molecule has 3 fully saturated rings. The van der Waals surface area contributed by atoms with E-state index >= 15 is 0 Å². The summed E-state index contributed by atoms with van der Waals surface area (Å²) in [5.74, 6) is 3.78. The van der Waals surface area contributed by atoms with E-state index < -0.39 is 0 Å². The second-order valence-electron chi connectivity index (χ2n) is 6.50. The summed E-state index contributed by atoms with van der Waals surface area (Å²) in [4.78, 5) is 11.0. The van der Waals surface area contributed by atoms with Crippen LogP contribution in [0.2, 0.25) is 0 Å². The van der Waals surface area contributed by atoms with Gasteiger partial charge in [-0.05, 0) is 68.6 Å². The van der Waals surface area contributed by atoms with Crippen molar-refractivity contribution in [2.24, 2.45) is 23.7 Å². The quantitative estimate of drug-likeness (QED) is 0.685. The molecule has 0 N–H and O–H groups in total. The van der Waals surface area contributed by atoms with Gasteiger partial charge in [0.2, 0.25) is 0 Å². The Morgan fingerprint density at radius 1 is 1.00 bits per heavy atom. The van der Waals surface area contributed by atoms with E-state index in [0.29, 0.717) is 0 Å². The van der Waals surface area contributed by atoms with Crippen LogP contribution in [0.15, 0.2) is 0 Å². The minimum absolute atomic E-state index is 0.0939. The largest absolute Gasteiger partial charge is 0.463 e. The molecule has 3 saturated carbocycles. The van der Waals surface area contributed by atoms with Gasteiger partial charge in [-0.1, -0.05) is 6.42 Å². The van der Waals surface area contributed by atoms with Gasteiger partial charge in [0.1, 0.15) is 6.10 Å². The summed E-state index contributed by atoms with van der Waals surface area (Å²) in [6.45, 7) is 1.54. The highest BCUT2D eigenvalue weighted by Gasteiger charge is 2.44. The molecule has 96 valence electrons. The Hall–Kier alpha value is -0.530. The first-order valence-corrected chi connectivity index (χ1v) is 7.39. The number of esters is 1. The molecule has 0 radical (unpaired) electrons. The minimum atomic E-state index is -0.0939. The average Bonchev–Trinajstić information content (AvgIpc) is 2.90. The molecule has 0 heterocycles. The summed E-state index contributed by atoms with van der Waals surface area (Å²) in [5, 5.41) is 0. The van der Waals surface area contributed by atoms with Gasteiger partial charge in [-0.3, -0.25) is 4.79 Å². The molecule has 3 aliphatic carbocycles. The third kappa shape index (κ3) is 2.36. The van der Waals surface area contributed by atoms with Crippen LogP contribution >= 0.6 is 0 Å². The second-order valence-corrected chi connectivity index (χ2v) is 6.50. The molecule has 0 saturated heterocycles. The van der Waals surface area contributed by atoms with E-state index in [0.717, 1.165) is 36.5 Å². The van der Waals surface area contributed by atoms with E-state index in [1.807, 2.05) is 0 Å². The maximum atomic E-state index is 11.0. The van der Waals surface area contributed by atoms with Crippen LogP contribution in [0.5, 0.6) is 0 Å². The van der Waals surface area contributed by atoms with E-state index in [4.69, 9.17) is 4.74 Å². The SMILES string of the molecule is CC(=O)OC1CCCC(C2CC3CCC2C3)C1. The van der Waals surface area contributed by atoms with Crippen molar-refractivity contribution in [3.8, 4) is 0 Å². The van der Waals surface area contributed by atoms with E-state index in [-0.39, 0.29) is 12.1 Å². The standard InChI is InChI=1S/C15H24O2/c1-10(16)17-14-4-2-3-12(9-14)15-8-11-5-6-13(15)7-11/h11-15H,2-9H2,1H3. The maximum absolute atomic E-state index is 11.0. The highest BCUT2D eigenvalue weighted by atomic mass is 16.5. The van der Waals surface area contributed by atoms with Crippen LogP contribution in [0.1, 0.15) is 58.3 Å². The predicted octanol–water partition coefficient (Wildman–Crippen LogP) is 3.54. The summed E-state index contributed by atoms with van der Waals surface area (Å²) >= 11 is 0. The lowest BCUT2D eigenvalue weighted by Crippen LogP contribution is -2.31. The van der Waals surface area contributed by atoms with Crippen LogP contribution < -0.4 is 0 Å². The molecule has 2 nitrogen and oxygen atoms in total. The topological polar surface area (TPSA) is 26.3 Å². The van der Waals surface area contributed by atoms with Crippen molar-refractivity contribution in [2.75, 3.05) is 0 Å². The zero-order valence-electron chi connectivity index (χ0n) is 10.9. The number of carbonyl (C=O) groups excluding carboxylic acids is 1. The van der Waals surface area contributed by atoms with Gasteiger partial charge >= 0.3 is 5.97 Å². The second kappa shape index (κ2) is 4.62. The molecule has 0 aliphatic heterocycles. The lowest BCUT2D eigenvalue weighted by Gasteiger charge is -2.36. The fourth-order valence-electron chi connectivity index (χ4n) is 4.78. The lowest BCUT2D eigenvalue weighted by molar-refractivity contribution is -0.149. The summed E-state index contributed by atoms with van der Waals surface area (Å²) in [6.07, 6.45) is 11.0. The van der Waals surface area contributed by atoms with Crippen molar-refractivity contribution < 1.29 is 9.53 Å². The molecule has 0 aromatic heterocycles. The van der Waals surface area contributed by atoms with Gasteiger partial charge in [0.25, 0.3) is 0 Å². The first-order chi connectivity index (χ1) is 8.22. The number of fused-ring (bicyclic) bond motifs is 2. The van der Waals surface area contributed by atoms with E-state index in [1.54, 1.807) is 6.92 Å². The first-order valence-electron chi connectivity index (χ1n) is 7.39. The highest BCUT2D eigenvalue weighted by Crippen LogP contribution is 2.53. The normalized spacial score (nSPS) is 44.9. The summed E-state index contributed by atoms with van der Waals surface area (Å²) < 4.78 is 5.42. The molecule has 2 bridgehead atoms. The molecule has 17 heavy (non-hydrogen) atoms. The first kappa shape index (κ1) is 11.6. The smallest absolute Gasteiger partial charge is 0.302 e. The molecule has 0 amide bonds. The Kier molecular flexibility index (Phi) is 3.14. The van der Waals surface area contributed by atoms with Gasteiger partial charge in [-0.25, -0.2) is 0 Å². The minimum Gasteiger partial charge on any atom is -0.463 e. The predicted molar refractivity (Wildman–Crippen MR) is 66.5 cm³/mol. The van der Waals surface area contributed by atoms with Crippen LogP contribution in [-0.4, -0.2) is 12.1 Å². The monoisotopic (exact) mass is 236 g/mol. The van der Waals surface area contributed by atoms with Crippen molar-refractivity contribution in [1.82, 2.24) is 0 Å². The molecular formula is C15H24O2. The fraction of sp³-hybridized carbons (Fsp3) is 0.933. The van der Waals surface area contributed by atoms with Crippen molar-refractivity contribution in [2.45, 2.75) is 64.4 Å². The van der Waals surface area contributed by atoms with Crippen LogP contribution in [0.3, 0.4) is 0 Å². The van der Waals surface area contributed by atoms with Crippen LogP contribution in [0.25, 0.3) is 0 Å². The van der Waals surface area contributed by atoms with Gasteiger partial charge in [-0.15, -0.1) is 0 Å². The van der Waals surface area contributed by atoms with Crippen molar-refractivity contribution in [1.29, 1.82) is 0 Å². The maximum Gasteiger partial charge on any atom is 0.302 e. The third-order valence-electron chi connectivity index (χ3n) is 5.40. The zero-order chi connectivity index (χ0) is 11.8. The average molecular weight is 236 g/mol. The molecule has 0 aromatic rings. The Morgan fingerprint density at radius 3 is 2.47 bits per heavy atom. The molecular weight excluding hydrogens is 212 g/mol. The number of hydrogen-bond acceptors (Lipinski definition) is 2. The van der Waals surface area contributed by atoms with Crippen molar-refractivity contribution in [3.63, 3.8) is 0 Å². The number of ether oxygens (including phenoxy) is 1. The zero-order valence-corrected chi connectivity index (χ0v) is 10.9. The van der Waals surface area contributed by atoms with Crippen molar-refractivity contribution >= 4 is 5.97 Å². The van der Waals surface area contributed by atoms with Gasteiger partial charge in [-0.2, -0.15) is 0 Å². The van der Waals surface area contributed by atoms with Gasteiger partial charge < -0.3 is 4.74 Å². The van der Waals surface area contributed by atoms with E-state index in [9.17, 15) is 4.79 Å². The molecule has 3 aliphatic rings. The highest BCUT2D eigenvalue weighted by molar-refractivity contribution is 5.66. The van der Waals surface area contributed by atoms with Crippen LogP contribution in [-0.2, 0) is 9.53 Å². The molecule has 2 heteroatoms. The molecule has 3 rings (SSSR count). The van der Waals surface area contributed by atoms with E-state index in [1.165, 1.54) is 38.5 Å². The molecule has 0 aromatic carbocycles. The Labute approximate surface area is 104 Å². The van der Waals surface area contributed by atoms with Crippen molar-refractivity contribution in [3.05, 3.63) is 0 Å². The van der Waals surface area contributed by atoms with Gasteiger partial charge in [0.05, 0.1) is 0 Å². The number of hydrogen-bond donors (Lipinski definition) is 0. The molecule has 5 unspecified atom stereocenters. The number of carbonyl (C=O) groups is 1. The summed E-state index contributed by atoms with van der Waals surface area (Å²) in [5.41, 5.74) is 0.